The van der Waals surface area contributed by atoms with Crippen LogP contribution in [0.15, 0.2) is 41.4 Å². The number of amides is 1. The third-order valence-electron chi connectivity index (χ3n) is 5.11. The Balaban J connectivity index is 1.53. The summed E-state index contributed by atoms with van der Waals surface area (Å²) in [4.78, 5) is 18.4. The van der Waals surface area contributed by atoms with Crippen molar-refractivity contribution in [1.82, 2.24) is 15.5 Å². The van der Waals surface area contributed by atoms with E-state index in [1.807, 2.05) is 20.0 Å². The Morgan fingerprint density at radius 2 is 2.11 bits per heavy atom. The van der Waals surface area contributed by atoms with Crippen molar-refractivity contribution in [2.45, 2.75) is 32.2 Å². The molecule has 6 heteroatoms. The van der Waals surface area contributed by atoms with E-state index in [0.29, 0.717) is 19.1 Å². The first-order valence-electron chi connectivity index (χ1n) is 9.84. The number of ether oxygens (including phenoxy) is 1. The summed E-state index contributed by atoms with van der Waals surface area (Å²) in [7, 11) is 1.81. The highest BCUT2D eigenvalue weighted by atomic mass is 16.5. The van der Waals surface area contributed by atoms with Gasteiger partial charge in [0.1, 0.15) is 0 Å². The zero-order chi connectivity index (χ0) is 19.1. The molecule has 2 aliphatic rings. The summed E-state index contributed by atoms with van der Waals surface area (Å²) >= 11 is 0. The first kappa shape index (κ1) is 19.3. The van der Waals surface area contributed by atoms with Gasteiger partial charge in [0.15, 0.2) is 5.96 Å². The second-order valence-electron chi connectivity index (χ2n) is 7.03. The van der Waals surface area contributed by atoms with Gasteiger partial charge in [-0.1, -0.05) is 36.4 Å². The smallest absolute Gasteiger partial charge is 0.407 e. The van der Waals surface area contributed by atoms with E-state index in [0.717, 1.165) is 38.3 Å². The van der Waals surface area contributed by atoms with Crippen LogP contribution in [0.5, 0.6) is 0 Å². The number of carbonyl (C=O) groups is 1. The number of aliphatic imine (C=N–C) groups is 1. The Bertz CT molecular complexity index is 683. The quantitative estimate of drug-likeness (QED) is 0.597. The van der Waals surface area contributed by atoms with Crippen molar-refractivity contribution in [2.24, 2.45) is 10.9 Å². The lowest BCUT2D eigenvalue weighted by atomic mass is 10.00. The number of hydrogen-bond donors (Lipinski definition) is 2. The highest BCUT2D eigenvalue weighted by molar-refractivity contribution is 5.81. The molecule has 1 aromatic carbocycles. The lowest BCUT2D eigenvalue weighted by molar-refractivity contribution is 0.146. The lowest BCUT2D eigenvalue weighted by Crippen LogP contribution is -2.50. The van der Waals surface area contributed by atoms with Crippen LogP contribution in [0, 0.1) is 5.92 Å². The molecule has 0 bridgehead atoms. The first-order valence-corrected chi connectivity index (χ1v) is 9.84. The molecule has 1 heterocycles. The van der Waals surface area contributed by atoms with Crippen LogP contribution in [0.4, 0.5) is 4.79 Å². The standard InChI is InChI=1S/C21H30N4O2/c1-3-27-21(26)24-19(18-9-10-18)15-23-20(22-2)25-13-11-17(12-14-25)16-7-5-4-6-8-16/h4-8,11,18-19H,3,9-10,12-15H2,1-2H3,(H,22,23)(H,24,26). The topological polar surface area (TPSA) is 66.0 Å². The maximum atomic E-state index is 11.8. The number of benzene rings is 1. The maximum Gasteiger partial charge on any atom is 0.407 e. The fourth-order valence-electron chi connectivity index (χ4n) is 3.47. The Kier molecular flexibility index (Phi) is 6.74. The molecule has 0 spiro atoms. The number of guanidine groups is 1. The average Bonchev–Trinajstić information content (AvgIpc) is 3.54. The van der Waals surface area contributed by atoms with Crippen molar-refractivity contribution >= 4 is 17.6 Å². The number of nitrogens with one attached hydrogen (secondary N) is 2. The maximum absolute atomic E-state index is 11.8. The molecule has 146 valence electrons. The van der Waals surface area contributed by atoms with Gasteiger partial charge in [0.2, 0.25) is 0 Å². The van der Waals surface area contributed by atoms with Crippen molar-refractivity contribution in [3.05, 3.63) is 42.0 Å². The molecule has 3 rings (SSSR count). The van der Waals surface area contributed by atoms with Gasteiger partial charge >= 0.3 is 6.09 Å². The van der Waals surface area contributed by atoms with Gasteiger partial charge in [-0.25, -0.2) is 4.79 Å². The van der Waals surface area contributed by atoms with E-state index in [2.05, 4.69) is 50.9 Å². The van der Waals surface area contributed by atoms with Crippen molar-refractivity contribution in [3.8, 4) is 0 Å². The Hall–Kier alpha value is -2.50. The van der Waals surface area contributed by atoms with Gasteiger partial charge in [0, 0.05) is 26.7 Å². The Morgan fingerprint density at radius 3 is 2.70 bits per heavy atom. The first-order chi connectivity index (χ1) is 13.2. The fraction of sp³-hybridized carbons (Fsp3) is 0.524. The summed E-state index contributed by atoms with van der Waals surface area (Å²) in [6.07, 6.45) is 5.26. The minimum atomic E-state index is -0.334. The van der Waals surface area contributed by atoms with E-state index < -0.39 is 0 Å². The van der Waals surface area contributed by atoms with Gasteiger partial charge in [-0.05, 0) is 43.2 Å². The predicted octanol–water partition coefficient (Wildman–Crippen LogP) is 2.88. The van der Waals surface area contributed by atoms with Crippen LogP contribution >= 0.6 is 0 Å². The van der Waals surface area contributed by atoms with Crippen LogP contribution in [0.25, 0.3) is 5.57 Å². The van der Waals surface area contributed by atoms with Crippen LogP contribution in [-0.2, 0) is 4.74 Å². The SMILES string of the molecule is CCOC(=O)NC(CNC(=NC)N1CC=C(c2ccccc2)CC1)C1CC1. The molecule has 1 aliphatic carbocycles. The highest BCUT2D eigenvalue weighted by Crippen LogP contribution is 2.32. The van der Waals surface area contributed by atoms with Gasteiger partial charge < -0.3 is 20.3 Å². The van der Waals surface area contributed by atoms with E-state index in [-0.39, 0.29) is 12.1 Å². The van der Waals surface area contributed by atoms with Crippen LogP contribution < -0.4 is 10.6 Å². The molecular formula is C21H30N4O2. The third-order valence-corrected chi connectivity index (χ3v) is 5.11. The fourth-order valence-corrected chi connectivity index (χ4v) is 3.47. The van der Waals surface area contributed by atoms with Crippen molar-refractivity contribution < 1.29 is 9.53 Å². The summed E-state index contributed by atoms with van der Waals surface area (Å²) in [6.45, 7) is 4.65. The molecule has 1 atom stereocenters. The van der Waals surface area contributed by atoms with Crippen molar-refractivity contribution in [2.75, 3.05) is 33.3 Å². The molecule has 2 N–H and O–H groups in total. The van der Waals surface area contributed by atoms with E-state index in [9.17, 15) is 4.79 Å². The molecule has 0 radical (unpaired) electrons. The molecule has 1 aromatic rings. The second-order valence-corrected chi connectivity index (χ2v) is 7.03. The number of nitrogens with zero attached hydrogens (tertiary/aromatic N) is 2. The molecule has 1 amide bonds. The van der Waals surface area contributed by atoms with Gasteiger partial charge in [0.25, 0.3) is 0 Å². The molecule has 1 unspecified atom stereocenters. The number of hydrogen-bond acceptors (Lipinski definition) is 3. The third kappa shape index (κ3) is 5.49. The number of rotatable bonds is 6. The number of alkyl carbamates (subject to hydrolysis) is 1. The lowest BCUT2D eigenvalue weighted by Gasteiger charge is -2.31. The normalized spacial score (nSPS) is 18.5. The average molecular weight is 370 g/mol. The Labute approximate surface area is 161 Å². The highest BCUT2D eigenvalue weighted by Gasteiger charge is 2.33. The molecule has 0 aromatic heterocycles. The van der Waals surface area contributed by atoms with Crippen LogP contribution in [0.3, 0.4) is 0 Å². The monoisotopic (exact) mass is 370 g/mol. The minimum Gasteiger partial charge on any atom is -0.450 e. The van der Waals surface area contributed by atoms with Crippen LogP contribution in [0.1, 0.15) is 31.7 Å². The van der Waals surface area contributed by atoms with Crippen molar-refractivity contribution in [1.29, 1.82) is 0 Å². The zero-order valence-electron chi connectivity index (χ0n) is 16.3. The summed E-state index contributed by atoms with van der Waals surface area (Å²) < 4.78 is 5.03. The molecular weight excluding hydrogens is 340 g/mol. The van der Waals surface area contributed by atoms with Crippen LogP contribution in [-0.4, -0.2) is 56.3 Å². The van der Waals surface area contributed by atoms with E-state index in [1.54, 1.807) is 0 Å². The summed E-state index contributed by atoms with van der Waals surface area (Å²) in [6, 6.07) is 10.6. The van der Waals surface area contributed by atoms with Gasteiger partial charge in [0.05, 0.1) is 12.6 Å². The van der Waals surface area contributed by atoms with Gasteiger partial charge in [-0.2, -0.15) is 0 Å². The summed E-state index contributed by atoms with van der Waals surface area (Å²) in [5.74, 6) is 1.42. The van der Waals surface area contributed by atoms with E-state index in [1.165, 1.54) is 11.1 Å². The van der Waals surface area contributed by atoms with Crippen molar-refractivity contribution in [3.63, 3.8) is 0 Å². The predicted molar refractivity (Wildman–Crippen MR) is 109 cm³/mol. The molecule has 1 aliphatic heterocycles. The largest absolute Gasteiger partial charge is 0.450 e. The molecule has 0 saturated heterocycles. The second kappa shape index (κ2) is 9.44. The summed E-state index contributed by atoms with van der Waals surface area (Å²) in [5.41, 5.74) is 2.69. The zero-order valence-corrected chi connectivity index (χ0v) is 16.3. The minimum absolute atomic E-state index is 0.0843. The molecule has 27 heavy (non-hydrogen) atoms. The molecule has 1 fully saturated rings. The Morgan fingerprint density at radius 1 is 1.33 bits per heavy atom. The molecule has 6 nitrogen and oxygen atoms in total. The number of carbonyl (C=O) groups excluding carboxylic acids is 1. The molecule has 1 saturated carbocycles. The van der Waals surface area contributed by atoms with E-state index >= 15 is 0 Å². The van der Waals surface area contributed by atoms with Crippen LogP contribution in [0.2, 0.25) is 0 Å². The van der Waals surface area contributed by atoms with E-state index in [4.69, 9.17) is 4.74 Å². The van der Waals surface area contributed by atoms with Gasteiger partial charge in [-0.3, -0.25) is 4.99 Å². The summed E-state index contributed by atoms with van der Waals surface area (Å²) in [5, 5.41) is 6.42. The van der Waals surface area contributed by atoms with Gasteiger partial charge in [-0.15, -0.1) is 0 Å².